The molecular formula is C21H29N3O3. The lowest BCUT2D eigenvalue weighted by atomic mass is 9.72. The zero-order valence-electron chi connectivity index (χ0n) is 16.1. The second-order valence-corrected chi connectivity index (χ2v) is 7.77. The molecule has 0 unspecified atom stereocenters. The van der Waals surface area contributed by atoms with Crippen molar-refractivity contribution < 1.29 is 14.3 Å². The van der Waals surface area contributed by atoms with Crippen LogP contribution in [0, 0.1) is 5.41 Å². The zero-order valence-corrected chi connectivity index (χ0v) is 16.1. The number of likely N-dealkylation sites (tertiary alicyclic amines) is 1. The van der Waals surface area contributed by atoms with Crippen LogP contribution in [0.4, 0.5) is 0 Å². The predicted octanol–water partition coefficient (Wildman–Crippen LogP) is 2.07. The first-order valence-electron chi connectivity index (χ1n) is 9.90. The Balaban J connectivity index is 1.54. The average Bonchev–Trinajstić information content (AvgIpc) is 3.15. The van der Waals surface area contributed by atoms with Crippen molar-refractivity contribution in [3.05, 3.63) is 41.1 Å². The van der Waals surface area contributed by atoms with Crippen LogP contribution in [0.25, 0.3) is 5.76 Å². The fourth-order valence-corrected chi connectivity index (χ4v) is 4.58. The van der Waals surface area contributed by atoms with Crippen LogP contribution in [0.5, 0.6) is 0 Å². The number of carbonyl (C=O) groups is 1. The van der Waals surface area contributed by atoms with Crippen LogP contribution in [-0.4, -0.2) is 50.8 Å². The van der Waals surface area contributed by atoms with Gasteiger partial charge >= 0.3 is 0 Å². The molecule has 3 aliphatic heterocycles. The van der Waals surface area contributed by atoms with Crippen molar-refractivity contribution in [2.75, 3.05) is 40.0 Å². The first kappa shape index (κ1) is 18.3. The molecule has 0 aromatic heterocycles. The molecule has 1 aromatic carbocycles. The molecule has 3 aliphatic rings. The van der Waals surface area contributed by atoms with Crippen LogP contribution in [0.3, 0.4) is 0 Å². The maximum Gasteiger partial charge on any atom is 0.229 e. The van der Waals surface area contributed by atoms with Crippen LogP contribution in [0.2, 0.25) is 0 Å². The highest BCUT2D eigenvalue weighted by Gasteiger charge is 2.44. The third-order valence-corrected chi connectivity index (χ3v) is 6.01. The average molecular weight is 371 g/mol. The molecule has 0 radical (unpaired) electrons. The Morgan fingerprint density at radius 2 is 2.11 bits per heavy atom. The fraction of sp³-hybridized carbons (Fsp3) is 0.571. The highest BCUT2D eigenvalue weighted by atomic mass is 16.5. The van der Waals surface area contributed by atoms with E-state index >= 15 is 0 Å². The van der Waals surface area contributed by atoms with Crippen molar-refractivity contribution in [1.82, 2.24) is 15.5 Å². The van der Waals surface area contributed by atoms with Gasteiger partial charge in [0.1, 0.15) is 5.76 Å². The molecule has 2 saturated heterocycles. The smallest absolute Gasteiger partial charge is 0.229 e. The molecule has 0 saturated carbocycles. The first-order chi connectivity index (χ1) is 13.2. The molecular weight excluding hydrogens is 342 g/mol. The number of amides is 1. The Morgan fingerprint density at radius 1 is 1.26 bits per heavy atom. The molecule has 1 spiro atoms. The van der Waals surface area contributed by atoms with Crippen molar-refractivity contribution >= 4 is 11.7 Å². The summed E-state index contributed by atoms with van der Waals surface area (Å²) in [6.07, 6.45) is 4.02. The van der Waals surface area contributed by atoms with Gasteiger partial charge in [-0.25, -0.2) is 0 Å². The summed E-state index contributed by atoms with van der Waals surface area (Å²) in [6.45, 7) is 4.34. The van der Waals surface area contributed by atoms with E-state index in [2.05, 4.69) is 16.7 Å². The van der Waals surface area contributed by atoms with E-state index in [1.54, 1.807) is 7.11 Å². The number of hydrogen-bond donors (Lipinski definition) is 2. The van der Waals surface area contributed by atoms with E-state index in [1.165, 1.54) is 0 Å². The molecule has 2 N–H and O–H groups in total. The van der Waals surface area contributed by atoms with E-state index in [0.717, 1.165) is 67.9 Å². The Hall–Kier alpha value is -2.05. The zero-order chi connectivity index (χ0) is 18.7. The minimum atomic E-state index is -0.151. The van der Waals surface area contributed by atoms with Crippen LogP contribution < -0.4 is 10.6 Å². The first-order valence-corrected chi connectivity index (χ1v) is 9.90. The molecule has 27 heavy (non-hydrogen) atoms. The van der Waals surface area contributed by atoms with E-state index < -0.39 is 0 Å². The Bertz CT molecular complexity index is 720. The maximum atomic E-state index is 13.3. The number of piperidine rings is 2. The number of ether oxygens (including phenoxy) is 2. The van der Waals surface area contributed by atoms with Crippen LogP contribution in [0.1, 0.15) is 36.8 Å². The highest BCUT2D eigenvalue weighted by molar-refractivity contribution is 5.84. The highest BCUT2D eigenvalue weighted by Crippen LogP contribution is 2.39. The molecule has 6 heteroatoms. The molecule has 0 atom stereocenters. The van der Waals surface area contributed by atoms with Crippen molar-refractivity contribution in [2.24, 2.45) is 5.41 Å². The van der Waals surface area contributed by atoms with Crippen LogP contribution in [-0.2, 0) is 20.9 Å². The SMILES string of the molecule is COCc1cccc(C2=C(CN3CCCC4(CCNCC4)C3=O)NCO2)c1. The molecule has 6 nitrogen and oxygen atoms in total. The largest absolute Gasteiger partial charge is 0.471 e. The van der Waals surface area contributed by atoms with E-state index in [1.807, 2.05) is 23.1 Å². The summed E-state index contributed by atoms with van der Waals surface area (Å²) in [4.78, 5) is 15.3. The van der Waals surface area contributed by atoms with Gasteiger partial charge in [0, 0.05) is 19.2 Å². The number of methoxy groups -OCH3 is 1. The minimum Gasteiger partial charge on any atom is -0.471 e. The molecule has 0 bridgehead atoms. The molecule has 0 aliphatic carbocycles. The van der Waals surface area contributed by atoms with Gasteiger partial charge in [0.2, 0.25) is 5.91 Å². The standard InChI is InChI=1S/C21H29N3O3/c1-26-14-16-4-2-5-17(12-16)19-18(23-15-27-19)13-24-11-3-6-21(20(24)25)7-9-22-10-8-21/h2,4-5,12,22-23H,3,6-11,13-15H2,1H3. The lowest BCUT2D eigenvalue weighted by Crippen LogP contribution is -2.53. The monoisotopic (exact) mass is 371 g/mol. The molecule has 3 heterocycles. The van der Waals surface area contributed by atoms with Gasteiger partial charge in [-0.15, -0.1) is 0 Å². The van der Waals surface area contributed by atoms with E-state index in [0.29, 0.717) is 25.8 Å². The van der Waals surface area contributed by atoms with E-state index in [4.69, 9.17) is 9.47 Å². The normalized spacial score (nSPS) is 22.1. The van der Waals surface area contributed by atoms with Crippen LogP contribution >= 0.6 is 0 Å². The number of benzene rings is 1. The Kier molecular flexibility index (Phi) is 5.36. The fourth-order valence-electron chi connectivity index (χ4n) is 4.58. The van der Waals surface area contributed by atoms with Gasteiger partial charge < -0.3 is 25.0 Å². The maximum absolute atomic E-state index is 13.3. The van der Waals surface area contributed by atoms with Crippen LogP contribution in [0.15, 0.2) is 30.0 Å². The second-order valence-electron chi connectivity index (χ2n) is 7.77. The van der Waals surface area contributed by atoms with Gasteiger partial charge in [0.15, 0.2) is 6.73 Å². The number of rotatable bonds is 5. The number of nitrogens with one attached hydrogen (secondary N) is 2. The van der Waals surface area contributed by atoms with Gasteiger partial charge in [-0.3, -0.25) is 4.79 Å². The Morgan fingerprint density at radius 3 is 2.93 bits per heavy atom. The van der Waals surface area contributed by atoms with E-state index in [9.17, 15) is 4.79 Å². The molecule has 146 valence electrons. The summed E-state index contributed by atoms with van der Waals surface area (Å²) in [7, 11) is 1.70. The van der Waals surface area contributed by atoms with Crippen molar-refractivity contribution in [2.45, 2.75) is 32.3 Å². The third-order valence-electron chi connectivity index (χ3n) is 6.01. The van der Waals surface area contributed by atoms with Gasteiger partial charge in [0.05, 0.1) is 24.3 Å². The van der Waals surface area contributed by atoms with Crippen molar-refractivity contribution in [3.8, 4) is 0 Å². The third kappa shape index (κ3) is 3.69. The molecule has 4 rings (SSSR count). The number of hydrogen-bond acceptors (Lipinski definition) is 5. The molecule has 1 aromatic rings. The van der Waals surface area contributed by atoms with Crippen molar-refractivity contribution in [3.63, 3.8) is 0 Å². The quantitative estimate of drug-likeness (QED) is 0.830. The second kappa shape index (κ2) is 7.90. The lowest BCUT2D eigenvalue weighted by molar-refractivity contribution is -0.147. The predicted molar refractivity (Wildman–Crippen MR) is 104 cm³/mol. The van der Waals surface area contributed by atoms with Gasteiger partial charge in [-0.05, 0) is 50.4 Å². The number of carbonyl (C=O) groups excluding carboxylic acids is 1. The topological polar surface area (TPSA) is 62.8 Å². The summed E-state index contributed by atoms with van der Waals surface area (Å²) in [5.41, 5.74) is 3.00. The summed E-state index contributed by atoms with van der Waals surface area (Å²) >= 11 is 0. The van der Waals surface area contributed by atoms with E-state index in [-0.39, 0.29) is 5.41 Å². The lowest BCUT2D eigenvalue weighted by Gasteiger charge is -2.44. The summed E-state index contributed by atoms with van der Waals surface area (Å²) in [6, 6.07) is 8.21. The summed E-state index contributed by atoms with van der Waals surface area (Å²) < 4.78 is 11.1. The molecule has 2 fully saturated rings. The van der Waals surface area contributed by atoms with Crippen molar-refractivity contribution in [1.29, 1.82) is 0 Å². The van der Waals surface area contributed by atoms with Gasteiger partial charge in [0.25, 0.3) is 0 Å². The van der Waals surface area contributed by atoms with Gasteiger partial charge in [-0.2, -0.15) is 0 Å². The summed E-state index contributed by atoms with van der Waals surface area (Å²) in [5, 5.41) is 6.72. The number of nitrogens with zero attached hydrogens (tertiary/aromatic N) is 1. The van der Waals surface area contributed by atoms with Gasteiger partial charge in [-0.1, -0.05) is 18.2 Å². The summed E-state index contributed by atoms with van der Waals surface area (Å²) in [5.74, 6) is 1.18. The Labute approximate surface area is 160 Å². The molecule has 1 amide bonds. The minimum absolute atomic E-state index is 0.151.